The van der Waals surface area contributed by atoms with Gasteiger partial charge in [-0.05, 0) is 25.8 Å². The molecule has 5 nitrogen and oxygen atoms in total. The summed E-state index contributed by atoms with van der Waals surface area (Å²) in [7, 11) is 0. The van der Waals surface area contributed by atoms with Gasteiger partial charge in [0.15, 0.2) is 5.82 Å². The molecule has 2 heterocycles. The third-order valence-electron chi connectivity index (χ3n) is 2.23. The van der Waals surface area contributed by atoms with E-state index >= 15 is 0 Å². The zero-order valence-corrected chi connectivity index (χ0v) is 9.23. The topological polar surface area (TPSA) is 69.1 Å². The molecule has 0 aliphatic heterocycles. The van der Waals surface area contributed by atoms with Gasteiger partial charge in [-0.25, -0.2) is 9.50 Å². The fraction of sp³-hybridized carbons (Fsp3) is 0.500. The summed E-state index contributed by atoms with van der Waals surface area (Å²) in [6, 6.07) is 0. The fourth-order valence-corrected chi connectivity index (χ4v) is 1.28. The van der Waals surface area contributed by atoms with Gasteiger partial charge in [0.2, 0.25) is 0 Å². The molecule has 0 bridgehead atoms. The van der Waals surface area contributed by atoms with Gasteiger partial charge in [-0.2, -0.15) is 4.98 Å². The van der Waals surface area contributed by atoms with Gasteiger partial charge in [-0.1, -0.05) is 6.92 Å². The van der Waals surface area contributed by atoms with E-state index in [1.54, 1.807) is 4.52 Å². The Balaban J connectivity index is 2.56. The molecule has 0 aliphatic rings. The summed E-state index contributed by atoms with van der Waals surface area (Å²) in [6.45, 7) is 5.83. The molecule has 0 radical (unpaired) electrons. The molecule has 0 spiro atoms. The Morgan fingerprint density at radius 3 is 2.80 bits per heavy atom. The molecule has 80 valence electrons. The van der Waals surface area contributed by atoms with E-state index in [0.29, 0.717) is 11.6 Å². The molecule has 2 aromatic heterocycles. The molecule has 0 saturated heterocycles. The van der Waals surface area contributed by atoms with E-state index in [1.165, 1.54) is 0 Å². The fourth-order valence-electron chi connectivity index (χ4n) is 1.28. The molecular weight excluding hydrogens is 190 g/mol. The lowest BCUT2D eigenvalue weighted by molar-refractivity contribution is 0.514. The number of rotatable bonds is 2. The van der Waals surface area contributed by atoms with Crippen molar-refractivity contribution in [2.24, 2.45) is 5.73 Å². The number of aryl methyl sites for hydroxylation is 1. The van der Waals surface area contributed by atoms with Crippen LogP contribution in [0.5, 0.6) is 0 Å². The molecule has 0 aromatic carbocycles. The van der Waals surface area contributed by atoms with Gasteiger partial charge in [0.1, 0.15) is 0 Å². The summed E-state index contributed by atoms with van der Waals surface area (Å²) >= 11 is 0. The third-order valence-corrected chi connectivity index (χ3v) is 2.23. The summed E-state index contributed by atoms with van der Waals surface area (Å²) in [5, 5.41) is 4.31. The normalized spacial score (nSPS) is 12.3. The van der Waals surface area contributed by atoms with Crippen molar-refractivity contribution in [2.75, 3.05) is 0 Å². The lowest BCUT2D eigenvalue weighted by Crippen LogP contribution is -2.30. The van der Waals surface area contributed by atoms with Crippen LogP contribution in [-0.2, 0) is 12.0 Å². The second-order valence-electron chi connectivity index (χ2n) is 4.22. The van der Waals surface area contributed by atoms with Crippen molar-refractivity contribution in [1.82, 2.24) is 19.6 Å². The van der Waals surface area contributed by atoms with Crippen LogP contribution in [0.4, 0.5) is 0 Å². The minimum Gasteiger partial charge on any atom is -0.319 e. The van der Waals surface area contributed by atoms with Crippen molar-refractivity contribution in [3.8, 4) is 0 Å². The summed E-state index contributed by atoms with van der Waals surface area (Å²) in [5.74, 6) is 1.21. The SMILES string of the molecule is CCc1cnc2nc(C(C)(C)N)nn2c1. The van der Waals surface area contributed by atoms with Crippen LogP contribution in [0.25, 0.3) is 5.78 Å². The van der Waals surface area contributed by atoms with Crippen LogP contribution in [0.1, 0.15) is 32.2 Å². The van der Waals surface area contributed by atoms with Crippen LogP contribution in [0.15, 0.2) is 12.4 Å². The highest BCUT2D eigenvalue weighted by molar-refractivity contribution is 5.29. The maximum absolute atomic E-state index is 5.93. The van der Waals surface area contributed by atoms with Crippen molar-refractivity contribution < 1.29 is 0 Å². The molecule has 0 unspecified atom stereocenters. The predicted octanol–water partition coefficient (Wildman–Crippen LogP) is 0.880. The quantitative estimate of drug-likeness (QED) is 0.790. The molecule has 0 aliphatic carbocycles. The van der Waals surface area contributed by atoms with E-state index < -0.39 is 5.54 Å². The van der Waals surface area contributed by atoms with Gasteiger partial charge < -0.3 is 5.73 Å². The Morgan fingerprint density at radius 1 is 1.47 bits per heavy atom. The Hall–Kier alpha value is -1.49. The first kappa shape index (κ1) is 10.0. The van der Waals surface area contributed by atoms with Crippen LogP contribution in [0.3, 0.4) is 0 Å². The minimum atomic E-state index is -0.528. The summed E-state index contributed by atoms with van der Waals surface area (Å²) in [4.78, 5) is 8.50. The van der Waals surface area contributed by atoms with E-state index in [0.717, 1.165) is 12.0 Å². The second-order valence-corrected chi connectivity index (χ2v) is 4.22. The van der Waals surface area contributed by atoms with E-state index in [4.69, 9.17) is 5.73 Å². The molecule has 2 rings (SSSR count). The Morgan fingerprint density at radius 2 is 2.20 bits per heavy atom. The van der Waals surface area contributed by atoms with Gasteiger partial charge in [0, 0.05) is 12.4 Å². The predicted molar refractivity (Wildman–Crippen MR) is 57.4 cm³/mol. The lowest BCUT2D eigenvalue weighted by atomic mass is 10.1. The minimum absolute atomic E-state index is 0.528. The number of nitrogens with two attached hydrogens (primary N) is 1. The maximum Gasteiger partial charge on any atom is 0.252 e. The zero-order chi connectivity index (χ0) is 11.1. The van der Waals surface area contributed by atoms with Crippen molar-refractivity contribution in [2.45, 2.75) is 32.7 Å². The summed E-state index contributed by atoms with van der Waals surface area (Å²) in [6.07, 6.45) is 4.69. The number of nitrogens with zero attached hydrogens (tertiary/aromatic N) is 4. The second kappa shape index (κ2) is 3.27. The molecule has 5 heteroatoms. The number of aromatic nitrogens is 4. The van der Waals surface area contributed by atoms with Gasteiger partial charge in [0.05, 0.1) is 5.54 Å². The van der Waals surface area contributed by atoms with Crippen LogP contribution < -0.4 is 5.73 Å². The van der Waals surface area contributed by atoms with Crippen LogP contribution in [0, 0.1) is 0 Å². The Labute approximate surface area is 88.3 Å². The highest BCUT2D eigenvalue weighted by Gasteiger charge is 2.20. The monoisotopic (exact) mass is 205 g/mol. The molecule has 0 atom stereocenters. The van der Waals surface area contributed by atoms with Gasteiger partial charge in [0.25, 0.3) is 5.78 Å². The summed E-state index contributed by atoms with van der Waals surface area (Å²) in [5.41, 5.74) is 6.53. The van der Waals surface area contributed by atoms with Crippen LogP contribution in [-0.4, -0.2) is 19.6 Å². The highest BCUT2D eigenvalue weighted by Crippen LogP contribution is 2.12. The first-order valence-electron chi connectivity index (χ1n) is 5.01. The van der Waals surface area contributed by atoms with Gasteiger partial charge in [-0.3, -0.25) is 0 Å². The van der Waals surface area contributed by atoms with Crippen LogP contribution >= 0.6 is 0 Å². The average Bonchev–Trinajstić information content (AvgIpc) is 2.59. The molecule has 0 fully saturated rings. The Kier molecular flexibility index (Phi) is 2.19. The lowest BCUT2D eigenvalue weighted by Gasteiger charge is -2.11. The van der Waals surface area contributed by atoms with Crippen molar-refractivity contribution in [1.29, 1.82) is 0 Å². The molecule has 2 aromatic rings. The number of hydrogen-bond acceptors (Lipinski definition) is 4. The van der Waals surface area contributed by atoms with E-state index in [1.807, 2.05) is 26.2 Å². The molecule has 0 amide bonds. The maximum atomic E-state index is 5.93. The van der Waals surface area contributed by atoms with Crippen molar-refractivity contribution in [3.63, 3.8) is 0 Å². The third kappa shape index (κ3) is 1.83. The van der Waals surface area contributed by atoms with E-state index in [-0.39, 0.29) is 0 Å². The Bertz CT molecular complexity index is 480. The standard InChI is InChI=1S/C10H15N5/c1-4-7-5-12-9-13-8(10(2,3)11)14-15(9)6-7/h5-6H,4,11H2,1-3H3. The first-order valence-corrected chi connectivity index (χ1v) is 5.01. The van der Waals surface area contributed by atoms with Crippen molar-refractivity contribution >= 4 is 5.78 Å². The van der Waals surface area contributed by atoms with E-state index in [2.05, 4.69) is 22.0 Å². The molecule has 0 saturated carbocycles. The van der Waals surface area contributed by atoms with Gasteiger partial charge >= 0.3 is 0 Å². The largest absolute Gasteiger partial charge is 0.319 e. The number of hydrogen-bond donors (Lipinski definition) is 1. The van der Waals surface area contributed by atoms with Crippen LogP contribution in [0.2, 0.25) is 0 Å². The highest BCUT2D eigenvalue weighted by atomic mass is 15.3. The molecule has 2 N–H and O–H groups in total. The summed E-state index contributed by atoms with van der Waals surface area (Å²) < 4.78 is 1.68. The molecular formula is C10H15N5. The first-order chi connectivity index (χ1) is 7.00. The zero-order valence-electron chi connectivity index (χ0n) is 9.23. The van der Waals surface area contributed by atoms with Gasteiger partial charge in [-0.15, -0.1) is 5.10 Å². The molecule has 15 heavy (non-hydrogen) atoms. The number of fused-ring (bicyclic) bond motifs is 1. The van der Waals surface area contributed by atoms with Crippen molar-refractivity contribution in [3.05, 3.63) is 23.8 Å². The van der Waals surface area contributed by atoms with E-state index in [9.17, 15) is 0 Å². The smallest absolute Gasteiger partial charge is 0.252 e. The average molecular weight is 205 g/mol.